The van der Waals surface area contributed by atoms with Crippen LogP contribution >= 0.6 is 48.8 Å². The lowest BCUT2D eigenvalue weighted by Gasteiger charge is -2.28. The number of hydrogen-bond acceptors (Lipinski definition) is 34. The van der Waals surface area contributed by atoms with Gasteiger partial charge >= 0.3 is 17.9 Å². The van der Waals surface area contributed by atoms with Gasteiger partial charge in [-0.05, 0) is 98.3 Å². The Bertz CT molecular complexity index is 4910. The zero-order chi connectivity index (χ0) is 108. The number of aliphatic hydroxyl groups excluding tert-OH is 5. The Morgan fingerprint density at radius 1 is 0.326 bits per heavy atom. The number of carbonyl (C=O) groups excluding carboxylic acids is 20. The van der Waals surface area contributed by atoms with E-state index in [9.17, 15) is 156 Å². The summed E-state index contributed by atoms with van der Waals surface area (Å²) in [4.78, 5) is 311. The number of carboxylic acids is 3. The Kier molecular flexibility index (Phi) is 56.1. The van der Waals surface area contributed by atoms with Crippen molar-refractivity contribution in [3.63, 3.8) is 0 Å². The summed E-state index contributed by atoms with van der Waals surface area (Å²) in [7, 11) is 0. The number of primary amides is 2. The minimum Gasteiger partial charge on any atom is -0.508 e. The topological polar surface area (TPSA) is 869 Å². The maximum atomic E-state index is 14.9. The molecule has 796 valence electrons. The number of phenols is 1. The molecule has 20 amide bonds. The van der Waals surface area contributed by atoms with Crippen molar-refractivity contribution in [1.29, 1.82) is 0 Å². The Balaban J connectivity index is 1.91. The standard InChI is InChI=1S/C87H127N21O32S4/c1-41(2)68(85(137)105-61(40-142)83(135)108-70(43(4)113)86(138)96-50(22-24-67(121)122)74(126)103-59(38-111)87(139)140)106-64(117)35-92-84(136)69(42(3)112)107-65(118)34-91-72(124)53(31-46-17-19-47(114)20-18-46)97-75(127)51(25-27-143-5)95-79(131)56(32-62(89)115)101-78(130)55(30-45-15-11-8-12-16-45)98-76(128)52(26-28-144-6)94-77(129)54(29-44-13-9-7-10-14-44)99-80(132)57(33-63(90)116)100-73(125)49(21-23-66(119)120)93-81(133)58(37-110)102-82(134)60(39-141)104-71(123)48(88)36-109/h7-20,41-43,48-61,68-70,109-114,141-142H,21-40,88H2,1-6H3,(H2,89,115)(H2,90,116)(H,91,124)(H,92,136)(H,93,133)(H,94,129)(H,95,131)(H,96,138)(H,97,127)(H,98,128)(H,99,132)(H,100,125)(H,101,130)(H,102,134)(H,103,126)(H,104,123)(H,105,137)(H,106,117)(H,107,118)(H,108,135)(H,119,120)(H,121,122)(H,139,140)/t42-,43-,48+,49+,50+,51+,52+,53+,54+,55+,56+,57+,58+,59+,60+,61+,68+,69+,70+/m1/s1. The second-order valence-electron chi connectivity index (χ2n) is 32.9. The zero-order valence-electron chi connectivity index (χ0n) is 79.1. The molecule has 0 fully saturated rings. The number of rotatable bonds is 67. The molecule has 53 nitrogen and oxygen atoms in total. The van der Waals surface area contributed by atoms with Crippen LogP contribution in [0.2, 0.25) is 0 Å². The number of hydrogen-bond donors (Lipinski definition) is 32. The van der Waals surface area contributed by atoms with Crippen molar-refractivity contribution in [1.82, 2.24) is 95.7 Å². The zero-order valence-corrected chi connectivity index (χ0v) is 82.6. The maximum Gasteiger partial charge on any atom is 0.328 e. The molecule has 0 spiro atoms. The second-order valence-corrected chi connectivity index (χ2v) is 35.6. The molecule has 33 N–H and O–H groups in total. The molecule has 144 heavy (non-hydrogen) atoms. The van der Waals surface area contributed by atoms with Crippen LogP contribution in [-0.2, 0) is 130 Å². The van der Waals surface area contributed by atoms with E-state index in [1.165, 1.54) is 61.6 Å². The van der Waals surface area contributed by atoms with Crippen LogP contribution in [0.5, 0.6) is 5.75 Å². The predicted octanol–water partition coefficient (Wildman–Crippen LogP) is -11.9. The number of thiol groups is 2. The normalized spacial score (nSPS) is 15.0. The number of aliphatic carboxylic acids is 3. The smallest absolute Gasteiger partial charge is 0.328 e. The maximum absolute atomic E-state index is 14.9. The summed E-state index contributed by atoms with van der Waals surface area (Å²) in [6.07, 6.45) is -6.76. The lowest BCUT2D eigenvalue weighted by atomic mass is 10.0. The molecule has 0 saturated carbocycles. The number of thioether (sulfide) groups is 2. The lowest BCUT2D eigenvalue weighted by molar-refractivity contribution is -0.144. The molecule has 0 aliphatic carbocycles. The number of aliphatic hydroxyl groups is 5. The van der Waals surface area contributed by atoms with Crippen molar-refractivity contribution < 1.29 is 156 Å². The molecule has 0 radical (unpaired) electrons. The first-order chi connectivity index (χ1) is 67.9. The first kappa shape index (κ1) is 125. The van der Waals surface area contributed by atoms with E-state index >= 15 is 0 Å². The molecular weight excluding hydrogens is 1980 g/mol. The number of nitrogens with two attached hydrogens (primary N) is 3. The number of amides is 20. The van der Waals surface area contributed by atoms with Gasteiger partial charge in [-0.2, -0.15) is 48.8 Å². The Hall–Kier alpha value is -13.6. The summed E-state index contributed by atoms with van der Waals surface area (Å²) in [5.41, 5.74) is 17.8. The van der Waals surface area contributed by atoms with E-state index in [-0.39, 0.29) is 48.5 Å². The van der Waals surface area contributed by atoms with Crippen LogP contribution in [0, 0.1) is 5.92 Å². The van der Waals surface area contributed by atoms with Crippen molar-refractivity contribution in [2.75, 3.05) is 68.4 Å². The molecule has 3 aromatic carbocycles. The van der Waals surface area contributed by atoms with E-state index in [1.54, 1.807) is 73.2 Å². The SMILES string of the molecule is CSCC[C@H](NC(=O)[C@H](CC(N)=O)NC(=O)[C@H](Cc1ccccc1)NC(=O)[C@H](CCSC)NC(=O)[C@H](Cc1ccccc1)NC(=O)[C@H](CC(N)=O)NC(=O)[C@H](CCC(=O)O)NC(=O)[C@H](CO)NC(=O)[C@H](CS)NC(=O)[C@@H](N)CO)C(=O)N[C@@H](Cc1ccc(O)cc1)C(=O)NCC(=O)N[C@H](C(=O)NCC(=O)N[C@H](C(=O)N[C@@H](CS)C(=O)N[C@H](C(=O)N[C@@H](CCC(=O)O)C(=O)N[C@@H](CO)C(=O)O)[C@@H](C)O)C(C)C)[C@@H](C)O. The molecule has 0 aromatic heterocycles. The number of carboxylic acid groups (broad SMARTS) is 3. The highest BCUT2D eigenvalue weighted by atomic mass is 32.2. The number of nitrogens with one attached hydrogen (secondary N) is 18. The Labute approximate surface area is 844 Å². The molecule has 19 atom stereocenters. The molecule has 57 heteroatoms. The van der Waals surface area contributed by atoms with E-state index in [1.807, 2.05) is 5.32 Å². The molecule has 0 aliphatic rings. The third-order valence-corrected chi connectivity index (χ3v) is 23.0. The van der Waals surface area contributed by atoms with Gasteiger partial charge < -0.3 is 159 Å². The quantitative estimate of drug-likeness (QED) is 0.0233. The highest BCUT2D eigenvalue weighted by Gasteiger charge is 2.41. The highest BCUT2D eigenvalue weighted by molar-refractivity contribution is 7.98. The molecule has 0 aliphatic heterocycles. The van der Waals surface area contributed by atoms with Gasteiger partial charge in [-0.1, -0.05) is 86.6 Å². The summed E-state index contributed by atoms with van der Waals surface area (Å²) < 4.78 is 0. The molecule has 0 unspecified atom stereocenters. The number of carbonyl (C=O) groups is 23. The van der Waals surface area contributed by atoms with E-state index in [0.29, 0.717) is 11.1 Å². The molecule has 3 rings (SSSR count). The van der Waals surface area contributed by atoms with Gasteiger partial charge in [-0.15, -0.1) is 0 Å². The largest absolute Gasteiger partial charge is 0.508 e. The van der Waals surface area contributed by atoms with Crippen molar-refractivity contribution in [3.05, 3.63) is 102 Å². The number of benzene rings is 3. The van der Waals surface area contributed by atoms with Gasteiger partial charge in [0.25, 0.3) is 0 Å². The molecule has 0 bridgehead atoms. The van der Waals surface area contributed by atoms with Gasteiger partial charge in [0.1, 0.15) is 108 Å². The lowest BCUT2D eigenvalue weighted by Crippen LogP contribution is -2.62. The predicted molar refractivity (Wildman–Crippen MR) is 519 cm³/mol. The number of phenolic OH excluding ortho intramolecular Hbond substituents is 1. The molecule has 0 saturated heterocycles. The van der Waals surface area contributed by atoms with Crippen LogP contribution in [0.4, 0.5) is 0 Å². The van der Waals surface area contributed by atoms with Gasteiger partial charge in [-0.3, -0.25) is 105 Å². The van der Waals surface area contributed by atoms with E-state index in [0.717, 1.165) is 13.8 Å². The van der Waals surface area contributed by atoms with Crippen LogP contribution in [-0.4, -0.2) is 365 Å². The van der Waals surface area contributed by atoms with Crippen LogP contribution in [0.15, 0.2) is 84.9 Å². The van der Waals surface area contributed by atoms with Gasteiger partial charge in [0.15, 0.2) is 0 Å². The Morgan fingerprint density at radius 3 is 0.979 bits per heavy atom. The summed E-state index contributed by atoms with van der Waals surface area (Å²) in [5.74, 6) is -29.7. The van der Waals surface area contributed by atoms with Gasteiger partial charge in [0.05, 0.1) is 58.0 Å². The first-order valence-corrected chi connectivity index (χ1v) is 48.6. The molecule has 0 heterocycles. The second kappa shape index (κ2) is 64.9. The summed E-state index contributed by atoms with van der Waals surface area (Å²) in [6, 6.07) is -8.89. The first-order valence-electron chi connectivity index (χ1n) is 44.6. The van der Waals surface area contributed by atoms with Crippen LogP contribution in [0.1, 0.15) is 95.8 Å². The highest BCUT2D eigenvalue weighted by Crippen LogP contribution is 2.17. The Morgan fingerprint density at radius 2 is 0.618 bits per heavy atom. The van der Waals surface area contributed by atoms with Crippen LogP contribution in [0.3, 0.4) is 0 Å². The van der Waals surface area contributed by atoms with Crippen LogP contribution in [0.25, 0.3) is 0 Å². The third kappa shape index (κ3) is 45.4. The van der Waals surface area contributed by atoms with Gasteiger partial charge in [-0.25, -0.2) is 4.79 Å². The monoisotopic (exact) mass is 2110 g/mol. The average molecular weight is 2110 g/mol. The minimum absolute atomic E-state index is 0.103. The fraction of sp³-hybridized carbons (Fsp3) is 0.529. The van der Waals surface area contributed by atoms with Gasteiger partial charge in [0.2, 0.25) is 118 Å². The fourth-order valence-corrected chi connectivity index (χ4v) is 14.5. The summed E-state index contributed by atoms with van der Waals surface area (Å²) >= 11 is 10.5. The van der Waals surface area contributed by atoms with Crippen LogP contribution < -0.4 is 113 Å². The fourth-order valence-electron chi connectivity index (χ4n) is 13.1. The van der Waals surface area contributed by atoms with Crippen molar-refractivity contribution in [2.45, 2.75) is 213 Å². The van der Waals surface area contributed by atoms with E-state index in [4.69, 9.17) is 17.2 Å². The molecular formula is C87H127N21O32S4. The summed E-state index contributed by atoms with van der Waals surface area (Å²) in [5, 5.41) is 130. The van der Waals surface area contributed by atoms with E-state index < -0.39 is 346 Å². The average Bonchev–Trinajstić information content (AvgIpc) is 0.843. The van der Waals surface area contributed by atoms with Crippen molar-refractivity contribution in [3.8, 4) is 5.75 Å². The summed E-state index contributed by atoms with van der Waals surface area (Å²) in [6.45, 7) is -0.0130. The van der Waals surface area contributed by atoms with Gasteiger partial charge in [0, 0.05) is 43.6 Å². The number of aromatic hydroxyl groups is 1. The third-order valence-electron chi connectivity index (χ3n) is 21.0. The minimum atomic E-state index is -2.03. The van der Waals surface area contributed by atoms with Crippen molar-refractivity contribution in [2.24, 2.45) is 23.1 Å². The van der Waals surface area contributed by atoms with Crippen molar-refractivity contribution >= 4 is 185 Å². The van der Waals surface area contributed by atoms with E-state index in [2.05, 4.69) is 116 Å². The molecule has 3 aromatic rings.